The van der Waals surface area contributed by atoms with E-state index in [2.05, 4.69) is 16.2 Å². The highest BCUT2D eigenvalue weighted by molar-refractivity contribution is 6.31. The Labute approximate surface area is 173 Å². The van der Waals surface area contributed by atoms with Gasteiger partial charge in [0.05, 0.1) is 16.7 Å². The number of rotatable bonds is 7. The number of carbonyl (C=O) groups is 2. The molecule has 2 aromatic rings. The summed E-state index contributed by atoms with van der Waals surface area (Å²) >= 11 is 11.9. The molecule has 0 spiro atoms. The van der Waals surface area contributed by atoms with Crippen LogP contribution < -0.4 is 16.2 Å². The topological polar surface area (TPSA) is 70.2 Å². The van der Waals surface area contributed by atoms with E-state index in [0.717, 1.165) is 0 Å². The van der Waals surface area contributed by atoms with Crippen LogP contribution in [-0.2, 0) is 11.3 Å². The molecule has 0 bridgehead atoms. The zero-order chi connectivity index (χ0) is 20.9. The van der Waals surface area contributed by atoms with Gasteiger partial charge in [-0.1, -0.05) is 29.8 Å². The summed E-state index contributed by atoms with van der Waals surface area (Å²) in [5.41, 5.74) is 5.94. The zero-order valence-electron chi connectivity index (χ0n) is 15.8. The quantitative estimate of drug-likeness (QED) is 0.453. The van der Waals surface area contributed by atoms with Gasteiger partial charge < -0.3 is 5.32 Å². The number of aryl methyl sites for hydroxylation is 1. The van der Waals surface area contributed by atoms with Crippen molar-refractivity contribution in [2.45, 2.75) is 27.3 Å². The summed E-state index contributed by atoms with van der Waals surface area (Å²) in [5.74, 6) is -1.08. The van der Waals surface area contributed by atoms with E-state index in [1.54, 1.807) is 45.0 Å². The predicted octanol–water partition coefficient (Wildman–Crippen LogP) is 4.43. The van der Waals surface area contributed by atoms with Crippen molar-refractivity contribution in [1.29, 1.82) is 0 Å². The van der Waals surface area contributed by atoms with Gasteiger partial charge in [0, 0.05) is 23.0 Å². The number of amides is 2. The van der Waals surface area contributed by atoms with Gasteiger partial charge in [-0.25, -0.2) is 9.82 Å². The maximum absolute atomic E-state index is 13.7. The summed E-state index contributed by atoms with van der Waals surface area (Å²) in [7, 11) is 0. The fourth-order valence-electron chi connectivity index (χ4n) is 2.36. The molecule has 2 amide bonds. The highest BCUT2D eigenvalue weighted by atomic mass is 35.5. The van der Waals surface area contributed by atoms with Gasteiger partial charge in [0.25, 0.3) is 5.91 Å². The van der Waals surface area contributed by atoms with Crippen molar-refractivity contribution in [3.05, 3.63) is 63.9 Å². The van der Waals surface area contributed by atoms with E-state index in [9.17, 15) is 14.0 Å². The number of carbonyl (C=O) groups excluding carboxylic acids is 2. The summed E-state index contributed by atoms with van der Waals surface area (Å²) < 4.78 is 13.7. The van der Waals surface area contributed by atoms with E-state index in [-0.39, 0.29) is 29.7 Å². The van der Waals surface area contributed by atoms with Gasteiger partial charge >= 0.3 is 0 Å². The largest absolute Gasteiger partial charge is 0.325 e. The molecule has 8 heteroatoms. The Hall–Kier alpha value is -2.15. The monoisotopic (exact) mass is 425 g/mol. The van der Waals surface area contributed by atoms with E-state index in [4.69, 9.17) is 23.2 Å². The molecule has 150 valence electrons. The molecule has 2 rings (SSSR count). The second kappa shape index (κ2) is 9.37. The van der Waals surface area contributed by atoms with Gasteiger partial charge in [-0.2, -0.15) is 0 Å². The summed E-state index contributed by atoms with van der Waals surface area (Å²) in [5, 5.41) is 3.12. The lowest BCUT2D eigenvalue weighted by atomic mass is 9.94. The Morgan fingerprint density at radius 2 is 1.86 bits per heavy atom. The van der Waals surface area contributed by atoms with Crippen LogP contribution in [0, 0.1) is 18.2 Å². The van der Waals surface area contributed by atoms with Crippen LogP contribution in [0.3, 0.4) is 0 Å². The van der Waals surface area contributed by atoms with Crippen molar-refractivity contribution in [2.75, 3.05) is 11.2 Å². The summed E-state index contributed by atoms with van der Waals surface area (Å²) in [6, 6.07) is 9.34. The van der Waals surface area contributed by atoms with Crippen LogP contribution in [0.25, 0.3) is 0 Å². The minimum absolute atomic E-state index is 0.0962. The highest BCUT2D eigenvalue weighted by Gasteiger charge is 2.28. The van der Waals surface area contributed by atoms with E-state index in [1.807, 2.05) is 0 Å². The Morgan fingerprint density at radius 1 is 1.18 bits per heavy atom. The number of hydrazine groups is 1. The lowest BCUT2D eigenvalue weighted by Gasteiger charge is -2.22. The van der Waals surface area contributed by atoms with Gasteiger partial charge in [-0.15, -0.1) is 11.6 Å². The fraction of sp³-hybridized carbons (Fsp3) is 0.300. The molecule has 5 nitrogen and oxygen atoms in total. The maximum Gasteiger partial charge on any atom is 0.267 e. The number of alkyl halides is 1. The van der Waals surface area contributed by atoms with Crippen molar-refractivity contribution in [2.24, 2.45) is 5.41 Å². The van der Waals surface area contributed by atoms with Crippen LogP contribution in [-0.4, -0.2) is 17.7 Å². The minimum Gasteiger partial charge on any atom is -0.325 e. The second-order valence-corrected chi connectivity index (χ2v) is 7.72. The van der Waals surface area contributed by atoms with Gasteiger partial charge in [-0.05, 0) is 44.5 Å². The molecule has 0 aliphatic carbocycles. The molecule has 0 aliphatic heterocycles. The number of halogens is 3. The van der Waals surface area contributed by atoms with Crippen molar-refractivity contribution in [3.8, 4) is 0 Å². The standard InChI is InChI=1S/C20H22Cl2FN3O2/c1-12-8-14(22)9-15(17(12)25-19(28)20(2,3)11-21)18(27)26-24-10-13-6-4-5-7-16(13)23/h4-9,24H,10-11H2,1-3H3,(H,25,28)(H,26,27). The number of anilines is 1. The van der Waals surface area contributed by atoms with Gasteiger partial charge in [0.1, 0.15) is 5.82 Å². The van der Waals surface area contributed by atoms with Crippen molar-refractivity contribution in [3.63, 3.8) is 0 Å². The van der Waals surface area contributed by atoms with Crippen molar-refractivity contribution >= 4 is 40.7 Å². The lowest BCUT2D eigenvalue weighted by molar-refractivity contribution is -0.122. The fourth-order valence-corrected chi connectivity index (χ4v) is 2.75. The lowest BCUT2D eigenvalue weighted by Crippen LogP contribution is -2.38. The van der Waals surface area contributed by atoms with Crippen LogP contribution in [0.4, 0.5) is 10.1 Å². The van der Waals surface area contributed by atoms with Crippen molar-refractivity contribution in [1.82, 2.24) is 10.9 Å². The van der Waals surface area contributed by atoms with Crippen molar-refractivity contribution < 1.29 is 14.0 Å². The van der Waals surface area contributed by atoms with Crippen LogP contribution in [0.15, 0.2) is 36.4 Å². The molecule has 28 heavy (non-hydrogen) atoms. The minimum atomic E-state index is -0.815. The van der Waals surface area contributed by atoms with E-state index < -0.39 is 11.3 Å². The highest BCUT2D eigenvalue weighted by Crippen LogP contribution is 2.28. The van der Waals surface area contributed by atoms with Crippen LogP contribution in [0.5, 0.6) is 0 Å². The van der Waals surface area contributed by atoms with E-state index >= 15 is 0 Å². The Balaban J connectivity index is 2.18. The smallest absolute Gasteiger partial charge is 0.267 e. The summed E-state index contributed by atoms with van der Waals surface area (Å²) in [6.07, 6.45) is 0. The molecule has 0 fully saturated rings. The molecule has 0 heterocycles. The molecular formula is C20H22Cl2FN3O2. The molecule has 0 saturated heterocycles. The van der Waals surface area contributed by atoms with Crippen LogP contribution in [0.1, 0.15) is 35.3 Å². The first-order valence-electron chi connectivity index (χ1n) is 8.60. The molecule has 0 atom stereocenters. The Morgan fingerprint density at radius 3 is 2.50 bits per heavy atom. The predicted molar refractivity (Wildman–Crippen MR) is 110 cm³/mol. The molecule has 2 aromatic carbocycles. The number of nitrogens with one attached hydrogen (secondary N) is 3. The first-order valence-corrected chi connectivity index (χ1v) is 9.51. The third kappa shape index (κ3) is 5.44. The number of benzene rings is 2. The summed E-state index contributed by atoms with van der Waals surface area (Å²) in [6.45, 7) is 5.24. The average molecular weight is 426 g/mol. The second-order valence-electron chi connectivity index (χ2n) is 7.02. The van der Waals surface area contributed by atoms with Crippen LogP contribution in [0.2, 0.25) is 5.02 Å². The Kier molecular flexibility index (Phi) is 7.41. The molecular weight excluding hydrogens is 404 g/mol. The first-order chi connectivity index (χ1) is 13.2. The number of hydrogen-bond donors (Lipinski definition) is 3. The maximum atomic E-state index is 13.7. The molecule has 0 aliphatic rings. The molecule has 0 radical (unpaired) electrons. The molecule has 0 aromatic heterocycles. The average Bonchev–Trinajstić information content (AvgIpc) is 2.64. The number of hydrogen-bond acceptors (Lipinski definition) is 3. The Bertz CT molecular complexity index is 888. The first kappa shape index (κ1) is 22.1. The van der Waals surface area contributed by atoms with Gasteiger partial charge in [0.2, 0.25) is 5.91 Å². The zero-order valence-corrected chi connectivity index (χ0v) is 17.3. The third-order valence-corrected chi connectivity index (χ3v) is 5.06. The van der Waals surface area contributed by atoms with E-state index in [0.29, 0.717) is 21.8 Å². The van der Waals surface area contributed by atoms with E-state index in [1.165, 1.54) is 12.1 Å². The normalized spacial score (nSPS) is 11.2. The van der Waals surface area contributed by atoms with Crippen LogP contribution >= 0.6 is 23.2 Å². The molecule has 0 unspecified atom stereocenters. The van der Waals surface area contributed by atoms with Gasteiger partial charge in [-0.3, -0.25) is 15.0 Å². The SMILES string of the molecule is Cc1cc(Cl)cc(C(=O)NNCc2ccccc2F)c1NC(=O)C(C)(C)CCl. The molecule has 0 saturated carbocycles. The summed E-state index contributed by atoms with van der Waals surface area (Å²) in [4.78, 5) is 25.1. The molecule has 3 N–H and O–H groups in total. The van der Waals surface area contributed by atoms with Gasteiger partial charge in [0.15, 0.2) is 0 Å². The third-order valence-electron chi connectivity index (χ3n) is 4.17.